The van der Waals surface area contributed by atoms with Crippen LogP contribution in [0, 0.1) is 0 Å². The van der Waals surface area contributed by atoms with Crippen LogP contribution >= 0.6 is 11.3 Å². The maximum absolute atomic E-state index is 12.1. The number of nitrogens with zero attached hydrogens (tertiary/aromatic N) is 2. The summed E-state index contributed by atoms with van der Waals surface area (Å²) in [6.07, 6.45) is 0. The molecule has 0 radical (unpaired) electrons. The molecule has 1 aliphatic rings. The minimum absolute atomic E-state index is 0.299. The smallest absolute Gasteiger partial charge is 0.345 e. The molecule has 1 aromatic rings. The second-order valence-electron chi connectivity index (χ2n) is 4.55. The number of amides is 2. The zero-order valence-corrected chi connectivity index (χ0v) is 12.9. The van der Waals surface area contributed by atoms with Gasteiger partial charge in [-0.05, 0) is 17.5 Å². The molecule has 1 saturated heterocycles. The maximum Gasteiger partial charge on any atom is 0.345 e. The lowest BCUT2D eigenvalue weighted by Gasteiger charge is -2.44. The highest BCUT2D eigenvalue weighted by molar-refractivity contribution is 7.87. The topological polar surface area (TPSA) is 132 Å². The summed E-state index contributed by atoms with van der Waals surface area (Å²) < 4.78 is 31.1. The molecule has 2 rings (SSSR count). The minimum atomic E-state index is -4.98. The Morgan fingerprint density at radius 2 is 2.14 bits per heavy atom. The van der Waals surface area contributed by atoms with E-state index < -0.39 is 39.3 Å². The highest BCUT2D eigenvalue weighted by atomic mass is 32.2. The fourth-order valence-corrected chi connectivity index (χ4v) is 3.78. The standard InChI is InChI=1S/C11H12N2O7S2/c1-6(14)13(8-3-2-4-21-8)7-5-12(9(7)15)10(11(16)17)22(18,19)20/h2-4,7,10H,5H2,1H3,(H,16,17)(H,18,19,20). The first-order valence-electron chi connectivity index (χ1n) is 5.97. The van der Waals surface area contributed by atoms with Crippen LogP contribution in [0.2, 0.25) is 0 Å². The van der Waals surface area contributed by atoms with Crippen LogP contribution in [0.3, 0.4) is 0 Å². The van der Waals surface area contributed by atoms with Crippen LogP contribution in [0.25, 0.3) is 0 Å². The molecule has 1 fully saturated rings. The SMILES string of the molecule is CC(=O)N(c1cccs1)C1CN(C(C(=O)O)S(=O)(=O)O)C1=O. The summed E-state index contributed by atoms with van der Waals surface area (Å²) in [6, 6.07) is 2.30. The van der Waals surface area contributed by atoms with E-state index in [4.69, 9.17) is 9.66 Å². The van der Waals surface area contributed by atoms with Crippen molar-refractivity contribution in [3.05, 3.63) is 17.5 Å². The van der Waals surface area contributed by atoms with Gasteiger partial charge in [-0.15, -0.1) is 11.3 Å². The molecule has 2 N–H and O–H groups in total. The molecule has 11 heteroatoms. The quantitative estimate of drug-likeness (QED) is 0.547. The van der Waals surface area contributed by atoms with Crippen LogP contribution in [0.4, 0.5) is 5.00 Å². The van der Waals surface area contributed by atoms with E-state index in [0.717, 1.165) is 0 Å². The van der Waals surface area contributed by atoms with E-state index >= 15 is 0 Å². The summed E-state index contributed by atoms with van der Waals surface area (Å²) in [4.78, 5) is 36.4. The lowest BCUT2D eigenvalue weighted by atomic mass is 10.1. The molecule has 2 heterocycles. The predicted molar refractivity (Wildman–Crippen MR) is 76.0 cm³/mol. The van der Waals surface area contributed by atoms with Crippen molar-refractivity contribution in [1.82, 2.24) is 4.90 Å². The number of β-lactam (4-membered cyclic amide) rings is 1. The first-order valence-corrected chi connectivity index (χ1v) is 8.35. The summed E-state index contributed by atoms with van der Waals surface area (Å²) in [5.41, 5.74) is 0. The van der Waals surface area contributed by atoms with E-state index in [2.05, 4.69) is 0 Å². The lowest BCUT2D eigenvalue weighted by molar-refractivity contribution is -0.154. The predicted octanol–water partition coefficient (Wildman–Crippen LogP) is -0.390. The van der Waals surface area contributed by atoms with Crippen molar-refractivity contribution in [2.75, 3.05) is 11.4 Å². The van der Waals surface area contributed by atoms with Crippen LogP contribution in [0.5, 0.6) is 0 Å². The van der Waals surface area contributed by atoms with E-state index in [1.165, 1.54) is 23.2 Å². The molecule has 2 unspecified atom stereocenters. The molecule has 1 aromatic heterocycles. The first kappa shape index (κ1) is 16.4. The van der Waals surface area contributed by atoms with E-state index in [9.17, 15) is 22.8 Å². The molecular weight excluding hydrogens is 336 g/mol. The Morgan fingerprint density at radius 3 is 2.50 bits per heavy atom. The molecule has 0 saturated carbocycles. The van der Waals surface area contributed by atoms with Crippen LogP contribution in [0.15, 0.2) is 17.5 Å². The van der Waals surface area contributed by atoms with Crippen molar-refractivity contribution in [1.29, 1.82) is 0 Å². The molecule has 2 atom stereocenters. The van der Waals surface area contributed by atoms with E-state index in [-0.39, 0.29) is 6.54 Å². The highest BCUT2D eigenvalue weighted by Gasteiger charge is 2.52. The van der Waals surface area contributed by atoms with Gasteiger partial charge in [0.05, 0.1) is 11.5 Å². The van der Waals surface area contributed by atoms with Crippen molar-refractivity contribution in [2.45, 2.75) is 18.3 Å². The largest absolute Gasteiger partial charge is 0.479 e. The third-order valence-electron chi connectivity index (χ3n) is 3.11. The van der Waals surface area contributed by atoms with Gasteiger partial charge in [0.15, 0.2) is 0 Å². The number of carboxylic acid groups (broad SMARTS) is 1. The number of carbonyl (C=O) groups excluding carboxylic acids is 2. The number of hydrogen-bond donors (Lipinski definition) is 2. The number of carboxylic acids is 1. The van der Waals surface area contributed by atoms with E-state index in [0.29, 0.717) is 9.90 Å². The zero-order valence-electron chi connectivity index (χ0n) is 11.2. The Labute approximate surface area is 129 Å². The van der Waals surface area contributed by atoms with Crippen molar-refractivity contribution < 1.29 is 32.5 Å². The lowest BCUT2D eigenvalue weighted by Crippen LogP contribution is -2.69. The van der Waals surface area contributed by atoms with Crippen LogP contribution in [-0.2, 0) is 24.5 Å². The van der Waals surface area contributed by atoms with Crippen molar-refractivity contribution in [2.24, 2.45) is 0 Å². The molecule has 0 aliphatic carbocycles. The van der Waals surface area contributed by atoms with Gasteiger partial charge >= 0.3 is 5.97 Å². The summed E-state index contributed by atoms with van der Waals surface area (Å²) in [5, 5.41) is 8.69. The molecule has 9 nitrogen and oxygen atoms in total. The third-order valence-corrected chi connectivity index (χ3v) is 5.00. The Kier molecular flexibility index (Phi) is 4.22. The summed E-state index contributed by atoms with van der Waals surface area (Å²) >= 11 is 1.21. The fraction of sp³-hybridized carbons (Fsp3) is 0.364. The Morgan fingerprint density at radius 1 is 1.50 bits per heavy atom. The Hall–Kier alpha value is -1.98. The molecule has 1 aliphatic heterocycles. The number of aliphatic carboxylic acids is 1. The van der Waals surface area contributed by atoms with Crippen LogP contribution in [0.1, 0.15) is 6.92 Å². The van der Waals surface area contributed by atoms with Gasteiger partial charge in [0.25, 0.3) is 15.5 Å². The molecule has 2 amide bonds. The van der Waals surface area contributed by atoms with Gasteiger partial charge in [-0.2, -0.15) is 8.42 Å². The maximum atomic E-state index is 12.1. The average Bonchev–Trinajstić information content (AvgIpc) is 2.88. The summed E-state index contributed by atoms with van der Waals surface area (Å²) in [7, 11) is -4.98. The van der Waals surface area contributed by atoms with Gasteiger partial charge < -0.3 is 10.0 Å². The van der Waals surface area contributed by atoms with Crippen LogP contribution < -0.4 is 4.90 Å². The summed E-state index contributed by atoms with van der Waals surface area (Å²) in [6.45, 7) is 0.945. The second-order valence-corrected chi connectivity index (χ2v) is 6.95. The molecule has 22 heavy (non-hydrogen) atoms. The average molecular weight is 348 g/mol. The Bertz CT molecular complexity index is 713. The number of thiophene rings is 1. The summed E-state index contributed by atoms with van der Waals surface area (Å²) in [5.74, 6) is -3.15. The monoisotopic (exact) mass is 348 g/mol. The molecular formula is C11H12N2O7S2. The second kappa shape index (κ2) is 5.66. The molecule has 120 valence electrons. The molecule has 0 aromatic carbocycles. The third kappa shape index (κ3) is 2.82. The Balaban J connectivity index is 2.24. The highest BCUT2D eigenvalue weighted by Crippen LogP contribution is 2.30. The zero-order chi connectivity index (χ0) is 16.7. The van der Waals surface area contributed by atoms with Crippen LogP contribution in [-0.4, -0.2) is 58.7 Å². The number of likely N-dealkylation sites (tertiary alicyclic amines) is 1. The number of rotatable bonds is 5. The number of carbonyl (C=O) groups is 3. The van der Waals surface area contributed by atoms with Gasteiger partial charge in [0.2, 0.25) is 11.8 Å². The van der Waals surface area contributed by atoms with Crippen molar-refractivity contribution in [3.63, 3.8) is 0 Å². The fourth-order valence-electron chi connectivity index (χ4n) is 2.19. The number of hydrogen-bond acceptors (Lipinski definition) is 6. The van der Waals surface area contributed by atoms with Gasteiger partial charge in [0.1, 0.15) is 6.04 Å². The first-order chi connectivity index (χ1) is 10.1. The normalized spacial score (nSPS) is 19.5. The van der Waals surface area contributed by atoms with Gasteiger partial charge in [-0.1, -0.05) is 0 Å². The van der Waals surface area contributed by atoms with Gasteiger partial charge in [-0.25, -0.2) is 4.79 Å². The van der Waals surface area contributed by atoms with Gasteiger partial charge in [-0.3, -0.25) is 19.0 Å². The number of anilines is 1. The van der Waals surface area contributed by atoms with E-state index in [1.807, 2.05) is 0 Å². The minimum Gasteiger partial charge on any atom is -0.479 e. The molecule has 0 spiro atoms. The van der Waals surface area contributed by atoms with Crippen molar-refractivity contribution in [3.8, 4) is 0 Å². The van der Waals surface area contributed by atoms with E-state index in [1.54, 1.807) is 17.5 Å². The van der Waals surface area contributed by atoms with Crippen molar-refractivity contribution >= 4 is 44.2 Å². The van der Waals surface area contributed by atoms with Gasteiger partial charge in [0, 0.05) is 6.92 Å². The molecule has 0 bridgehead atoms.